The van der Waals surface area contributed by atoms with Crippen molar-refractivity contribution in [2.45, 2.75) is 13.8 Å². The number of carbonyl (C=O) groups excluding carboxylic acids is 2. The number of likely N-dealkylation sites (N-methyl/N-ethyl adjacent to an activating group) is 1. The first kappa shape index (κ1) is 20.5. The van der Waals surface area contributed by atoms with E-state index in [1.807, 2.05) is 0 Å². The van der Waals surface area contributed by atoms with Crippen LogP contribution < -0.4 is 15.0 Å². The van der Waals surface area contributed by atoms with Crippen LogP contribution in [0.25, 0.3) is 0 Å². The minimum atomic E-state index is -0.354. The first-order valence-electron chi connectivity index (χ1n) is 9.13. The first-order chi connectivity index (χ1) is 13.1. The lowest BCUT2D eigenvalue weighted by atomic mass is 10.1. The van der Waals surface area contributed by atoms with Crippen LogP contribution in [0.4, 0.5) is 5.69 Å². The van der Waals surface area contributed by atoms with Crippen molar-refractivity contribution in [1.82, 2.24) is 0 Å². The van der Waals surface area contributed by atoms with Gasteiger partial charge in [0.2, 0.25) is 0 Å². The number of hydrogen-bond donors (Lipinski definition) is 2. The average molecular weight is 371 g/mol. The molecular formula is C21H27N2O4+. The van der Waals surface area contributed by atoms with E-state index in [0.29, 0.717) is 29.2 Å². The standard InChI is InChI=1S/C21H26N2O4/c1-4-23(5-2)13-14-27-21(25)16-9-11-18(12-10-16)22-20(24)17-7-6-8-19(15-17)26-3/h6-12,15H,4-5,13-14H2,1-3H3,(H,22,24)/p+1. The van der Waals surface area contributed by atoms with E-state index < -0.39 is 0 Å². The third-order valence-corrected chi connectivity index (χ3v) is 4.40. The number of nitrogens with one attached hydrogen (secondary N) is 2. The fraction of sp³-hybridized carbons (Fsp3) is 0.333. The Kier molecular flexibility index (Phi) is 7.82. The Morgan fingerprint density at radius 2 is 1.70 bits per heavy atom. The van der Waals surface area contributed by atoms with E-state index in [1.54, 1.807) is 55.6 Å². The van der Waals surface area contributed by atoms with Gasteiger partial charge in [0.1, 0.15) is 18.9 Å². The molecule has 0 aliphatic rings. The highest BCUT2D eigenvalue weighted by Gasteiger charge is 2.11. The molecule has 27 heavy (non-hydrogen) atoms. The van der Waals surface area contributed by atoms with Crippen LogP contribution >= 0.6 is 0 Å². The fourth-order valence-electron chi connectivity index (χ4n) is 2.63. The molecule has 0 aromatic heterocycles. The van der Waals surface area contributed by atoms with Crippen molar-refractivity contribution in [1.29, 1.82) is 0 Å². The molecule has 144 valence electrons. The topological polar surface area (TPSA) is 69.1 Å². The number of benzene rings is 2. The molecule has 6 nitrogen and oxygen atoms in total. The lowest BCUT2D eigenvalue weighted by Gasteiger charge is -2.15. The summed E-state index contributed by atoms with van der Waals surface area (Å²) >= 11 is 0. The molecule has 6 heteroatoms. The van der Waals surface area contributed by atoms with Gasteiger partial charge >= 0.3 is 5.97 Å². The summed E-state index contributed by atoms with van der Waals surface area (Å²) in [5.41, 5.74) is 1.56. The highest BCUT2D eigenvalue weighted by atomic mass is 16.5. The van der Waals surface area contributed by atoms with Gasteiger partial charge in [0, 0.05) is 11.3 Å². The molecule has 0 aliphatic heterocycles. The van der Waals surface area contributed by atoms with E-state index in [2.05, 4.69) is 19.2 Å². The molecule has 0 unspecified atom stereocenters. The Morgan fingerprint density at radius 1 is 1.00 bits per heavy atom. The summed E-state index contributed by atoms with van der Waals surface area (Å²) in [7, 11) is 1.55. The minimum Gasteiger partial charge on any atom is -0.497 e. The highest BCUT2D eigenvalue weighted by Crippen LogP contribution is 2.15. The van der Waals surface area contributed by atoms with E-state index in [1.165, 1.54) is 4.90 Å². The van der Waals surface area contributed by atoms with Gasteiger partial charge in [-0.3, -0.25) is 4.79 Å². The Bertz CT molecular complexity index is 755. The molecule has 2 rings (SSSR count). The molecule has 2 aromatic rings. The van der Waals surface area contributed by atoms with E-state index in [0.717, 1.165) is 19.6 Å². The molecule has 0 radical (unpaired) electrons. The summed E-state index contributed by atoms with van der Waals surface area (Å²) in [6, 6.07) is 13.6. The number of carbonyl (C=O) groups is 2. The van der Waals surface area contributed by atoms with Crippen LogP contribution in [0.5, 0.6) is 5.75 Å². The van der Waals surface area contributed by atoms with Gasteiger partial charge in [0.05, 0.1) is 25.8 Å². The van der Waals surface area contributed by atoms with Crippen molar-refractivity contribution in [3.63, 3.8) is 0 Å². The van der Waals surface area contributed by atoms with E-state index in [-0.39, 0.29) is 11.9 Å². The third-order valence-electron chi connectivity index (χ3n) is 4.40. The van der Waals surface area contributed by atoms with Crippen molar-refractivity contribution in [2.75, 3.05) is 38.7 Å². The van der Waals surface area contributed by atoms with Gasteiger partial charge < -0.3 is 19.7 Å². The van der Waals surface area contributed by atoms with Gasteiger partial charge in [-0.25, -0.2) is 4.79 Å². The van der Waals surface area contributed by atoms with Crippen LogP contribution in [-0.4, -0.2) is 45.2 Å². The van der Waals surface area contributed by atoms with E-state index in [4.69, 9.17) is 9.47 Å². The van der Waals surface area contributed by atoms with Crippen LogP contribution in [0.3, 0.4) is 0 Å². The second-order valence-corrected chi connectivity index (χ2v) is 6.11. The normalized spacial score (nSPS) is 10.5. The van der Waals surface area contributed by atoms with E-state index in [9.17, 15) is 9.59 Å². The number of quaternary nitrogens is 1. The quantitative estimate of drug-likeness (QED) is 0.662. The van der Waals surface area contributed by atoms with Crippen molar-refractivity contribution >= 4 is 17.6 Å². The van der Waals surface area contributed by atoms with E-state index >= 15 is 0 Å². The zero-order valence-corrected chi connectivity index (χ0v) is 16.1. The molecule has 0 aliphatic carbocycles. The minimum absolute atomic E-state index is 0.244. The molecule has 0 saturated carbocycles. The molecule has 1 amide bonds. The summed E-state index contributed by atoms with van der Waals surface area (Å²) in [5.74, 6) is 0.0194. The maximum Gasteiger partial charge on any atom is 0.338 e. The summed E-state index contributed by atoms with van der Waals surface area (Å²) in [4.78, 5) is 25.8. The van der Waals surface area contributed by atoms with Gasteiger partial charge in [-0.1, -0.05) is 6.07 Å². The molecule has 0 bridgehead atoms. The molecule has 0 spiro atoms. The van der Waals surface area contributed by atoms with Gasteiger partial charge in [-0.2, -0.15) is 0 Å². The van der Waals surface area contributed by atoms with Gasteiger partial charge in [0.15, 0.2) is 0 Å². The number of ether oxygens (including phenoxy) is 2. The maximum absolute atomic E-state index is 12.3. The SMILES string of the molecule is CC[NH+](CC)CCOC(=O)c1ccc(NC(=O)c2cccc(OC)c2)cc1. The van der Waals surface area contributed by atoms with Gasteiger partial charge in [0.25, 0.3) is 5.91 Å². The number of methoxy groups -OCH3 is 1. The van der Waals surface area contributed by atoms with Gasteiger partial charge in [-0.15, -0.1) is 0 Å². The average Bonchev–Trinajstić information content (AvgIpc) is 2.71. The second-order valence-electron chi connectivity index (χ2n) is 6.11. The monoisotopic (exact) mass is 371 g/mol. The van der Waals surface area contributed by atoms with Crippen LogP contribution in [0.15, 0.2) is 48.5 Å². The number of hydrogen-bond acceptors (Lipinski definition) is 4. The second kappa shape index (κ2) is 10.3. The first-order valence-corrected chi connectivity index (χ1v) is 9.13. The van der Waals surface area contributed by atoms with Crippen LogP contribution in [-0.2, 0) is 4.74 Å². The Balaban J connectivity index is 1.90. The van der Waals surface area contributed by atoms with Crippen molar-refractivity contribution in [3.8, 4) is 5.75 Å². The number of anilines is 1. The zero-order chi connectivity index (χ0) is 19.6. The lowest BCUT2D eigenvalue weighted by molar-refractivity contribution is -0.896. The smallest absolute Gasteiger partial charge is 0.338 e. The van der Waals surface area contributed by atoms with Gasteiger partial charge in [-0.05, 0) is 56.3 Å². The van der Waals surface area contributed by atoms with Crippen molar-refractivity contribution in [3.05, 3.63) is 59.7 Å². The molecule has 0 saturated heterocycles. The summed E-state index contributed by atoms with van der Waals surface area (Å²) in [6.45, 7) is 7.43. The Labute approximate surface area is 160 Å². The zero-order valence-electron chi connectivity index (χ0n) is 16.1. The third kappa shape index (κ3) is 6.11. The maximum atomic E-state index is 12.3. The molecule has 0 heterocycles. The Hall–Kier alpha value is -2.86. The fourth-order valence-corrected chi connectivity index (χ4v) is 2.63. The molecule has 2 N–H and O–H groups in total. The Morgan fingerprint density at radius 3 is 2.33 bits per heavy atom. The van der Waals surface area contributed by atoms with Crippen LogP contribution in [0, 0.1) is 0 Å². The molecule has 0 atom stereocenters. The number of esters is 1. The molecular weight excluding hydrogens is 344 g/mol. The highest BCUT2D eigenvalue weighted by molar-refractivity contribution is 6.04. The largest absolute Gasteiger partial charge is 0.497 e. The summed E-state index contributed by atoms with van der Waals surface area (Å²) in [5, 5.41) is 2.80. The van der Waals surface area contributed by atoms with Crippen molar-refractivity contribution in [2.24, 2.45) is 0 Å². The van der Waals surface area contributed by atoms with Crippen LogP contribution in [0.2, 0.25) is 0 Å². The predicted molar refractivity (Wildman–Crippen MR) is 105 cm³/mol. The summed E-state index contributed by atoms with van der Waals surface area (Å²) in [6.07, 6.45) is 0. The van der Waals surface area contributed by atoms with Crippen molar-refractivity contribution < 1.29 is 24.0 Å². The lowest BCUT2D eigenvalue weighted by Crippen LogP contribution is -3.11. The van der Waals surface area contributed by atoms with Crippen LogP contribution in [0.1, 0.15) is 34.6 Å². The molecule has 0 fully saturated rings. The predicted octanol–water partition coefficient (Wildman–Crippen LogP) is 2.03. The molecule has 2 aromatic carbocycles. The number of rotatable bonds is 9. The summed E-state index contributed by atoms with van der Waals surface area (Å²) < 4.78 is 10.4. The number of amides is 1.